The summed E-state index contributed by atoms with van der Waals surface area (Å²) in [6.45, 7) is 0. The second-order valence-electron chi connectivity index (χ2n) is 19.0. The normalized spacial score (nSPS) is 13.6. The van der Waals surface area contributed by atoms with Crippen molar-refractivity contribution in [1.29, 1.82) is 0 Å². The molecule has 1 aliphatic rings. The highest BCUT2D eigenvalue weighted by atomic mass is 15.3. The summed E-state index contributed by atoms with van der Waals surface area (Å²) in [7, 11) is 0. The predicted molar refractivity (Wildman–Crippen MR) is 302 cm³/mol. The molecule has 0 saturated heterocycles. The van der Waals surface area contributed by atoms with Gasteiger partial charge >= 0.3 is 0 Å². The van der Waals surface area contributed by atoms with Crippen LogP contribution in [0.5, 0.6) is 0 Å². The highest BCUT2D eigenvalue weighted by Gasteiger charge is 2.31. The average Bonchev–Trinajstić information content (AvgIpc) is 3.85. The second-order valence-corrected chi connectivity index (χ2v) is 19.0. The molecule has 1 atom stereocenters. The van der Waals surface area contributed by atoms with Gasteiger partial charge in [-0.25, -0.2) is 4.98 Å². The molecule has 71 heavy (non-hydrogen) atoms. The van der Waals surface area contributed by atoms with Crippen molar-refractivity contribution in [3.05, 3.63) is 254 Å². The molecule has 1 aromatic heterocycles. The number of fused-ring (bicyclic) bond motifs is 16. The van der Waals surface area contributed by atoms with E-state index in [0.717, 1.165) is 55.6 Å². The van der Waals surface area contributed by atoms with E-state index in [-0.39, 0.29) is 6.17 Å². The molecular weight excluding hydrogens is 859 g/mol. The summed E-state index contributed by atoms with van der Waals surface area (Å²) in [4.78, 5) is 8.13. The zero-order valence-electron chi connectivity index (χ0n) is 38.6. The molecule has 3 nitrogen and oxygen atoms in total. The molecule has 1 N–H and O–H groups in total. The lowest BCUT2D eigenvalue weighted by Gasteiger charge is -2.27. The Balaban J connectivity index is 0.967. The van der Waals surface area contributed by atoms with E-state index in [1.54, 1.807) is 0 Å². The maximum atomic E-state index is 5.71. The lowest BCUT2D eigenvalue weighted by Crippen LogP contribution is -2.23. The van der Waals surface area contributed by atoms with Crippen LogP contribution in [0, 0.1) is 0 Å². The van der Waals surface area contributed by atoms with Crippen LogP contribution in [0.1, 0.15) is 11.7 Å². The van der Waals surface area contributed by atoms with E-state index in [1.807, 2.05) is 0 Å². The molecule has 0 spiro atoms. The summed E-state index contributed by atoms with van der Waals surface area (Å²) in [6, 6.07) is 91.4. The van der Waals surface area contributed by atoms with Crippen molar-refractivity contribution in [2.24, 2.45) is 0 Å². The van der Waals surface area contributed by atoms with E-state index >= 15 is 0 Å². The van der Waals surface area contributed by atoms with Gasteiger partial charge in [-0.2, -0.15) is 0 Å². The first-order chi connectivity index (χ1) is 35.2. The molecule has 0 fully saturated rings. The van der Waals surface area contributed by atoms with Crippen LogP contribution < -0.4 is 10.2 Å². The summed E-state index contributed by atoms with van der Waals surface area (Å²) in [5.74, 6) is 0. The average molecular weight is 902 g/mol. The van der Waals surface area contributed by atoms with Gasteiger partial charge in [0.2, 0.25) is 0 Å². The highest BCUT2D eigenvalue weighted by molar-refractivity contribution is 6.27. The Morgan fingerprint density at radius 2 is 0.746 bits per heavy atom. The molecule has 0 radical (unpaired) electrons. The fraction of sp³-hybridized carbons (Fsp3) is 0.0147. The van der Waals surface area contributed by atoms with Crippen LogP contribution in [0.2, 0.25) is 0 Å². The molecule has 0 bridgehead atoms. The smallest absolute Gasteiger partial charge is 0.130 e. The number of nitrogens with zero attached hydrogens (tertiary/aromatic N) is 2. The van der Waals surface area contributed by atoms with E-state index < -0.39 is 0 Å². The van der Waals surface area contributed by atoms with Gasteiger partial charge in [0, 0.05) is 22.0 Å². The van der Waals surface area contributed by atoms with Crippen LogP contribution in [0.15, 0.2) is 249 Å². The van der Waals surface area contributed by atoms with Gasteiger partial charge in [0.25, 0.3) is 0 Å². The Bertz CT molecular complexity index is 4430. The molecule has 0 aliphatic carbocycles. The Hall–Kier alpha value is -9.31. The maximum Gasteiger partial charge on any atom is 0.130 e. The number of anilines is 3. The van der Waals surface area contributed by atoms with Crippen molar-refractivity contribution < 1.29 is 0 Å². The summed E-state index contributed by atoms with van der Waals surface area (Å²) in [6.07, 6.45) is -0.0264. The fourth-order valence-corrected chi connectivity index (χ4v) is 11.9. The number of rotatable bonds is 5. The van der Waals surface area contributed by atoms with E-state index in [4.69, 9.17) is 4.98 Å². The Kier molecular flexibility index (Phi) is 8.72. The summed E-state index contributed by atoms with van der Waals surface area (Å²) in [5.41, 5.74) is 12.3. The van der Waals surface area contributed by atoms with Gasteiger partial charge in [-0.05, 0) is 146 Å². The lowest BCUT2D eigenvalue weighted by atomic mass is 9.88. The third-order valence-electron chi connectivity index (χ3n) is 15.2. The number of hydrogen-bond donors (Lipinski definition) is 1. The highest BCUT2D eigenvalue weighted by Crippen LogP contribution is 2.48. The molecule has 15 rings (SSSR count). The standard InChI is InChI=1S/C68H43N3/c1-2-16-43(17-3-1)68-70-64-28-14-15-29-66(64)71(68)46-34-30-42(31-35-46)59-40-63-60(44-32-36-56-51-22-6-4-18-47(51)49-20-8-10-24-53(49)61(56)38-44)41-65(69-67(63)58-27-13-12-26-55(58)59)45-33-37-57-52-23-7-5-19-48(52)50-21-9-11-25-54(50)62(57)39-45/h1-41,68,70H. The lowest BCUT2D eigenvalue weighted by molar-refractivity contribution is 0.828. The van der Waals surface area contributed by atoms with Crippen molar-refractivity contribution in [2.45, 2.75) is 6.17 Å². The van der Waals surface area contributed by atoms with Crippen molar-refractivity contribution in [3.63, 3.8) is 0 Å². The van der Waals surface area contributed by atoms with Crippen LogP contribution in [0.3, 0.4) is 0 Å². The van der Waals surface area contributed by atoms with Crippen molar-refractivity contribution in [1.82, 2.24) is 4.98 Å². The zero-order valence-corrected chi connectivity index (χ0v) is 38.6. The van der Waals surface area contributed by atoms with Gasteiger partial charge in [0.1, 0.15) is 6.17 Å². The van der Waals surface area contributed by atoms with Crippen LogP contribution in [-0.4, -0.2) is 4.98 Å². The summed E-state index contributed by atoms with van der Waals surface area (Å²) < 4.78 is 0. The topological polar surface area (TPSA) is 28.2 Å². The first-order valence-corrected chi connectivity index (χ1v) is 24.6. The quantitative estimate of drug-likeness (QED) is 0.174. The minimum atomic E-state index is -0.0264. The second kappa shape index (κ2) is 15.6. The number of pyridine rings is 1. The number of para-hydroxylation sites is 2. The molecule has 0 amide bonds. The molecule has 3 heteroatoms. The van der Waals surface area contributed by atoms with Gasteiger partial charge in [0.15, 0.2) is 0 Å². The molecule has 1 unspecified atom stereocenters. The van der Waals surface area contributed by atoms with Gasteiger partial charge in [-0.1, -0.05) is 200 Å². The van der Waals surface area contributed by atoms with Gasteiger partial charge in [0.05, 0.1) is 22.6 Å². The number of hydrogen-bond acceptors (Lipinski definition) is 3. The number of aromatic nitrogens is 1. The first-order valence-electron chi connectivity index (χ1n) is 24.6. The Morgan fingerprint density at radius 3 is 1.34 bits per heavy atom. The van der Waals surface area contributed by atoms with Crippen LogP contribution in [0.4, 0.5) is 17.1 Å². The summed E-state index contributed by atoms with van der Waals surface area (Å²) in [5, 5.41) is 22.3. The van der Waals surface area contributed by atoms with Gasteiger partial charge in [-0.15, -0.1) is 0 Å². The SMILES string of the molecule is c1ccc(C2Nc3ccccc3N2c2ccc(-c3cc4c(-c5ccc6c7ccccc7c7ccccc7c6c5)cc(-c5ccc6c7ccccc7c7ccccc7c6c5)nc4c4ccccc34)cc2)cc1. The molecule has 2 heterocycles. The monoisotopic (exact) mass is 901 g/mol. The van der Waals surface area contributed by atoms with Gasteiger partial charge < -0.3 is 10.2 Å². The van der Waals surface area contributed by atoms with Crippen molar-refractivity contribution in [3.8, 4) is 33.5 Å². The molecular formula is C68H43N3. The molecule has 330 valence electrons. The third kappa shape index (κ3) is 6.13. The number of benzene rings is 13. The minimum Gasteiger partial charge on any atom is -0.359 e. The van der Waals surface area contributed by atoms with Crippen molar-refractivity contribution >= 4 is 103 Å². The molecule has 0 saturated carbocycles. The Labute approximate surface area is 410 Å². The number of nitrogens with one attached hydrogen (secondary N) is 1. The van der Waals surface area contributed by atoms with Crippen LogP contribution >= 0.6 is 0 Å². The van der Waals surface area contributed by atoms with E-state index in [9.17, 15) is 0 Å². The van der Waals surface area contributed by atoms with Crippen LogP contribution in [-0.2, 0) is 0 Å². The van der Waals surface area contributed by atoms with Crippen molar-refractivity contribution in [2.75, 3.05) is 10.2 Å². The zero-order chi connectivity index (χ0) is 46.6. The molecule has 1 aliphatic heterocycles. The van der Waals surface area contributed by atoms with E-state index in [0.29, 0.717) is 0 Å². The Morgan fingerprint density at radius 1 is 0.310 bits per heavy atom. The maximum absolute atomic E-state index is 5.71. The summed E-state index contributed by atoms with van der Waals surface area (Å²) >= 11 is 0. The van der Waals surface area contributed by atoms with Gasteiger partial charge in [-0.3, -0.25) is 0 Å². The molecule has 14 aromatic rings. The van der Waals surface area contributed by atoms with E-state index in [1.165, 1.54) is 86.8 Å². The largest absolute Gasteiger partial charge is 0.359 e. The predicted octanol–water partition coefficient (Wildman–Crippen LogP) is 18.6. The fourth-order valence-electron chi connectivity index (χ4n) is 11.9. The first kappa shape index (κ1) is 39.7. The minimum absolute atomic E-state index is 0.0264. The van der Waals surface area contributed by atoms with Crippen LogP contribution in [0.25, 0.3) is 120 Å². The molecule has 13 aromatic carbocycles. The third-order valence-corrected chi connectivity index (χ3v) is 15.2. The van der Waals surface area contributed by atoms with E-state index in [2.05, 4.69) is 259 Å².